The number of nitro benzene ring substituents is 1. The summed E-state index contributed by atoms with van der Waals surface area (Å²) in [7, 11) is 1.52. The van der Waals surface area contributed by atoms with Gasteiger partial charge in [-0.15, -0.1) is 0 Å². The maximum Gasteiger partial charge on any atom is 0.326 e. The van der Waals surface area contributed by atoms with Crippen LogP contribution < -0.4 is 15.4 Å². The van der Waals surface area contributed by atoms with Gasteiger partial charge in [0.15, 0.2) is 0 Å². The van der Waals surface area contributed by atoms with Crippen molar-refractivity contribution < 1.29 is 28.8 Å². The number of hydrogen-bond donors (Lipinski definition) is 2. The normalized spacial score (nSPS) is 11.1. The van der Waals surface area contributed by atoms with E-state index in [1.54, 1.807) is 54.6 Å². The number of amides is 2. The Morgan fingerprint density at radius 1 is 1.03 bits per heavy atom. The zero-order valence-corrected chi connectivity index (χ0v) is 19.2. The van der Waals surface area contributed by atoms with E-state index in [0.29, 0.717) is 17.0 Å². The summed E-state index contributed by atoms with van der Waals surface area (Å²) in [5.74, 6) is -1.63. The number of anilines is 1. The number of methoxy groups -OCH3 is 1. The van der Waals surface area contributed by atoms with Crippen molar-refractivity contribution in [3.8, 4) is 5.75 Å². The molecule has 3 rings (SSSR count). The lowest BCUT2D eigenvalue weighted by atomic mass is 10.1. The first-order chi connectivity index (χ1) is 16.8. The van der Waals surface area contributed by atoms with Gasteiger partial charge in [0.2, 0.25) is 6.10 Å². The fourth-order valence-electron chi connectivity index (χ4n) is 3.00. The third kappa shape index (κ3) is 6.78. The number of carbonyl (C=O) groups excluding carboxylic acids is 3. The number of nitrogens with one attached hydrogen (secondary N) is 2. The van der Waals surface area contributed by atoms with E-state index < -0.39 is 41.0 Å². The van der Waals surface area contributed by atoms with Gasteiger partial charge >= 0.3 is 5.97 Å². The van der Waals surface area contributed by atoms with Crippen LogP contribution >= 0.6 is 11.6 Å². The molecule has 0 aromatic heterocycles. The second-order valence-corrected chi connectivity index (χ2v) is 7.51. The van der Waals surface area contributed by atoms with Gasteiger partial charge in [-0.3, -0.25) is 24.5 Å². The van der Waals surface area contributed by atoms with Crippen LogP contribution in [0.15, 0.2) is 72.8 Å². The van der Waals surface area contributed by atoms with Crippen LogP contribution in [0.3, 0.4) is 0 Å². The second-order valence-electron chi connectivity index (χ2n) is 7.10. The molecular weight excluding hydrogens is 478 g/mol. The van der Waals surface area contributed by atoms with E-state index in [1.165, 1.54) is 19.2 Å². The van der Waals surface area contributed by atoms with E-state index in [1.807, 2.05) is 0 Å². The third-order valence-electron chi connectivity index (χ3n) is 4.75. The van der Waals surface area contributed by atoms with Gasteiger partial charge in [-0.25, -0.2) is 0 Å². The van der Waals surface area contributed by atoms with Gasteiger partial charge in [0, 0.05) is 22.9 Å². The average molecular weight is 498 g/mol. The monoisotopic (exact) mass is 497 g/mol. The molecule has 0 spiro atoms. The largest absolute Gasteiger partial charge is 0.497 e. The number of nitro groups is 1. The lowest BCUT2D eigenvalue weighted by Crippen LogP contribution is -2.33. The van der Waals surface area contributed by atoms with Crippen molar-refractivity contribution in [2.24, 2.45) is 0 Å². The highest BCUT2D eigenvalue weighted by Crippen LogP contribution is 2.25. The van der Waals surface area contributed by atoms with Gasteiger partial charge in [-0.2, -0.15) is 0 Å². The number of ether oxygens (including phenoxy) is 2. The van der Waals surface area contributed by atoms with Crippen molar-refractivity contribution in [1.29, 1.82) is 0 Å². The Morgan fingerprint density at radius 3 is 2.34 bits per heavy atom. The molecule has 2 N–H and O–H groups in total. The molecular formula is C24H20ClN3O7. The van der Waals surface area contributed by atoms with Crippen LogP contribution in [0.5, 0.6) is 5.75 Å². The molecule has 1 atom stereocenters. The van der Waals surface area contributed by atoms with Crippen LogP contribution in [0.25, 0.3) is 0 Å². The lowest BCUT2D eigenvalue weighted by Gasteiger charge is -2.18. The Hall–Kier alpha value is -4.44. The van der Waals surface area contributed by atoms with E-state index >= 15 is 0 Å². The summed E-state index contributed by atoms with van der Waals surface area (Å²) in [5, 5.41) is 15.9. The van der Waals surface area contributed by atoms with Gasteiger partial charge in [-0.1, -0.05) is 41.9 Å². The molecule has 180 valence electrons. The Balaban J connectivity index is 1.67. The molecule has 10 nitrogen and oxygen atoms in total. The summed E-state index contributed by atoms with van der Waals surface area (Å²) in [6.07, 6.45) is -1.29. The fraction of sp³-hybridized carbons (Fsp3) is 0.125. The minimum absolute atomic E-state index is 0.0641. The van der Waals surface area contributed by atoms with Crippen molar-refractivity contribution in [3.05, 3.63) is 99.1 Å². The van der Waals surface area contributed by atoms with E-state index in [0.717, 1.165) is 6.07 Å². The van der Waals surface area contributed by atoms with Crippen molar-refractivity contribution in [2.45, 2.75) is 6.10 Å². The highest BCUT2D eigenvalue weighted by atomic mass is 35.5. The molecule has 3 aromatic rings. The first-order valence-electron chi connectivity index (χ1n) is 10.2. The van der Waals surface area contributed by atoms with Crippen LogP contribution in [0.2, 0.25) is 5.02 Å². The standard InChI is InChI=1S/C24H20ClN3O7/c1-34-18-10-8-17(9-11-18)27-24(31)22(15-5-3-2-4-6-15)35-21(29)14-26-23(30)16-7-12-19(25)20(13-16)28(32)33/h2-13,22H,14H2,1H3,(H,26,30)(H,27,31). The Morgan fingerprint density at radius 2 is 1.71 bits per heavy atom. The average Bonchev–Trinajstić information content (AvgIpc) is 2.86. The molecule has 0 saturated heterocycles. The van der Waals surface area contributed by atoms with Gasteiger partial charge in [0.1, 0.15) is 17.3 Å². The molecule has 0 heterocycles. The number of rotatable bonds is 9. The SMILES string of the molecule is COc1ccc(NC(=O)C(OC(=O)CNC(=O)c2ccc(Cl)c([N+](=O)[O-])c2)c2ccccc2)cc1. The van der Waals surface area contributed by atoms with E-state index in [9.17, 15) is 24.5 Å². The molecule has 35 heavy (non-hydrogen) atoms. The summed E-state index contributed by atoms with van der Waals surface area (Å²) in [6.45, 7) is -0.575. The predicted molar refractivity (Wildman–Crippen MR) is 127 cm³/mol. The maximum atomic E-state index is 12.9. The summed E-state index contributed by atoms with van der Waals surface area (Å²) in [6, 6.07) is 18.4. The fourth-order valence-corrected chi connectivity index (χ4v) is 3.19. The summed E-state index contributed by atoms with van der Waals surface area (Å²) in [5.41, 5.74) is 0.379. The molecule has 0 radical (unpaired) electrons. The Labute approximate surface area is 205 Å². The summed E-state index contributed by atoms with van der Waals surface area (Å²) >= 11 is 5.75. The zero-order chi connectivity index (χ0) is 25.4. The molecule has 0 aliphatic heterocycles. The third-order valence-corrected chi connectivity index (χ3v) is 5.07. The molecule has 0 fully saturated rings. The number of halogens is 1. The molecule has 0 bridgehead atoms. The smallest absolute Gasteiger partial charge is 0.326 e. The van der Waals surface area contributed by atoms with Gasteiger partial charge < -0.3 is 20.1 Å². The second kappa shape index (κ2) is 11.6. The van der Waals surface area contributed by atoms with Crippen LogP contribution in [-0.4, -0.2) is 36.4 Å². The van der Waals surface area contributed by atoms with Crippen molar-refractivity contribution >= 4 is 40.8 Å². The minimum Gasteiger partial charge on any atom is -0.497 e. The molecule has 0 aliphatic rings. The van der Waals surface area contributed by atoms with Crippen LogP contribution in [-0.2, 0) is 14.3 Å². The van der Waals surface area contributed by atoms with Crippen LogP contribution in [0, 0.1) is 10.1 Å². The topological polar surface area (TPSA) is 137 Å². The van der Waals surface area contributed by atoms with Gasteiger partial charge in [0.25, 0.3) is 17.5 Å². The first kappa shape index (κ1) is 25.2. The number of hydrogen-bond acceptors (Lipinski definition) is 7. The number of esters is 1. The zero-order valence-electron chi connectivity index (χ0n) is 18.4. The molecule has 0 aliphatic carbocycles. The molecule has 11 heteroatoms. The molecule has 1 unspecified atom stereocenters. The van der Waals surface area contributed by atoms with Crippen molar-refractivity contribution in [1.82, 2.24) is 5.32 Å². The van der Waals surface area contributed by atoms with E-state index in [-0.39, 0.29) is 10.6 Å². The van der Waals surface area contributed by atoms with Gasteiger partial charge in [0.05, 0.1) is 12.0 Å². The summed E-state index contributed by atoms with van der Waals surface area (Å²) in [4.78, 5) is 48.0. The van der Waals surface area contributed by atoms with Crippen molar-refractivity contribution in [2.75, 3.05) is 19.0 Å². The Bertz CT molecular complexity index is 1230. The minimum atomic E-state index is -1.29. The van der Waals surface area contributed by atoms with Gasteiger partial charge in [-0.05, 0) is 36.4 Å². The lowest BCUT2D eigenvalue weighted by molar-refractivity contribution is -0.384. The highest BCUT2D eigenvalue weighted by molar-refractivity contribution is 6.32. The number of nitrogens with zero attached hydrogens (tertiary/aromatic N) is 1. The molecule has 2 amide bonds. The maximum absolute atomic E-state index is 12.9. The number of carbonyl (C=O) groups is 3. The van der Waals surface area contributed by atoms with E-state index in [4.69, 9.17) is 21.1 Å². The Kier molecular flexibility index (Phi) is 8.36. The van der Waals surface area contributed by atoms with Crippen molar-refractivity contribution in [3.63, 3.8) is 0 Å². The highest BCUT2D eigenvalue weighted by Gasteiger charge is 2.26. The number of benzene rings is 3. The molecule has 0 saturated carbocycles. The van der Waals surface area contributed by atoms with Crippen LogP contribution in [0.4, 0.5) is 11.4 Å². The quantitative estimate of drug-likeness (QED) is 0.260. The summed E-state index contributed by atoms with van der Waals surface area (Å²) < 4.78 is 10.5. The van der Waals surface area contributed by atoms with Crippen LogP contribution in [0.1, 0.15) is 22.0 Å². The molecule has 3 aromatic carbocycles. The first-order valence-corrected chi connectivity index (χ1v) is 10.6. The predicted octanol–water partition coefficient (Wildman–Crippen LogP) is 3.91. The van der Waals surface area contributed by atoms with E-state index in [2.05, 4.69) is 10.6 Å².